The smallest absolute Gasteiger partial charge is 0.272 e. The molecule has 3 rings (SSSR count). The number of hydrogen-bond acceptors (Lipinski definition) is 5. The summed E-state index contributed by atoms with van der Waals surface area (Å²) in [5.74, 6) is -0.140. The summed E-state index contributed by atoms with van der Waals surface area (Å²) in [5.41, 5.74) is 7.35. The lowest BCUT2D eigenvalue weighted by molar-refractivity contribution is 0.602. The maximum absolute atomic E-state index is 11.9. The number of nitrogens with one attached hydrogen (secondary N) is 2. The van der Waals surface area contributed by atoms with Crippen LogP contribution in [0, 0.1) is 0 Å². The number of nitrogen functional groups attached to an aromatic ring is 1. The molecule has 0 aliphatic heterocycles. The van der Waals surface area contributed by atoms with Crippen molar-refractivity contribution < 1.29 is 8.42 Å². The summed E-state index contributed by atoms with van der Waals surface area (Å²) in [6.45, 7) is 1.48. The van der Waals surface area contributed by atoms with Crippen LogP contribution in [-0.2, 0) is 10.0 Å². The van der Waals surface area contributed by atoms with E-state index in [0.29, 0.717) is 27.6 Å². The number of nitrogens with two attached hydrogens (primary N) is 1. The standard InChI is InChI=1S/C14H14ClN5O3S/c1-2-24(22,23)19-11-3-8(5-18-14(11)21)12-6-17-13-10(16)4-9(15)7-20(12)13/h3-7,19H,2,16H2,1H3,(H,18,21). The number of sulfonamides is 1. The van der Waals surface area contributed by atoms with Crippen molar-refractivity contribution in [1.29, 1.82) is 0 Å². The van der Waals surface area contributed by atoms with Crippen LogP contribution in [0.15, 0.2) is 35.5 Å². The van der Waals surface area contributed by atoms with Crippen LogP contribution in [0.4, 0.5) is 11.4 Å². The molecule has 24 heavy (non-hydrogen) atoms. The van der Waals surface area contributed by atoms with Gasteiger partial charge in [0.25, 0.3) is 5.56 Å². The summed E-state index contributed by atoms with van der Waals surface area (Å²) in [6.07, 6.45) is 4.66. The van der Waals surface area contributed by atoms with Crippen LogP contribution in [0.25, 0.3) is 16.9 Å². The third-order valence-electron chi connectivity index (χ3n) is 3.45. The molecule has 0 aromatic carbocycles. The average Bonchev–Trinajstić information content (AvgIpc) is 2.93. The molecule has 0 amide bonds. The number of nitrogens with zero attached hydrogens (tertiary/aromatic N) is 2. The zero-order chi connectivity index (χ0) is 17.5. The minimum atomic E-state index is -3.57. The Morgan fingerprint density at radius 3 is 2.88 bits per heavy atom. The van der Waals surface area contributed by atoms with E-state index in [1.54, 1.807) is 22.9 Å². The number of aromatic nitrogens is 3. The van der Waals surface area contributed by atoms with Gasteiger partial charge in [-0.25, -0.2) is 13.4 Å². The topological polar surface area (TPSA) is 122 Å². The monoisotopic (exact) mass is 367 g/mol. The summed E-state index contributed by atoms with van der Waals surface area (Å²) < 4.78 is 27.3. The molecular weight excluding hydrogens is 354 g/mol. The molecule has 0 aliphatic rings. The normalized spacial score (nSPS) is 11.8. The first kappa shape index (κ1) is 16.3. The number of rotatable bonds is 4. The molecule has 0 spiro atoms. The minimum absolute atomic E-state index is 0.0701. The predicted octanol–water partition coefficient (Wildman–Crippen LogP) is 1.69. The van der Waals surface area contributed by atoms with Crippen molar-refractivity contribution in [3.8, 4) is 11.3 Å². The number of hydrogen-bond donors (Lipinski definition) is 3. The molecule has 0 saturated heterocycles. The van der Waals surface area contributed by atoms with Crippen LogP contribution in [0.5, 0.6) is 0 Å². The van der Waals surface area contributed by atoms with Gasteiger partial charge in [-0.15, -0.1) is 0 Å². The Morgan fingerprint density at radius 2 is 2.17 bits per heavy atom. The highest BCUT2D eigenvalue weighted by molar-refractivity contribution is 7.92. The van der Waals surface area contributed by atoms with Gasteiger partial charge in [-0.1, -0.05) is 11.6 Å². The number of anilines is 2. The Bertz CT molecular complexity index is 1090. The van der Waals surface area contributed by atoms with Crippen molar-refractivity contribution in [2.45, 2.75) is 6.92 Å². The average molecular weight is 368 g/mol. The second-order valence-corrected chi connectivity index (χ2v) is 7.53. The highest BCUT2D eigenvalue weighted by Gasteiger charge is 2.14. The Hall–Kier alpha value is -2.52. The third-order valence-corrected chi connectivity index (χ3v) is 4.94. The maximum atomic E-state index is 11.9. The van der Waals surface area contributed by atoms with E-state index in [0.717, 1.165) is 0 Å². The van der Waals surface area contributed by atoms with E-state index >= 15 is 0 Å². The van der Waals surface area contributed by atoms with Crippen LogP contribution < -0.4 is 16.0 Å². The molecule has 0 fully saturated rings. The van der Waals surface area contributed by atoms with Gasteiger partial charge in [0.15, 0.2) is 5.65 Å². The molecule has 0 unspecified atom stereocenters. The number of aromatic amines is 1. The first-order valence-electron chi connectivity index (χ1n) is 6.96. The van der Waals surface area contributed by atoms with Crippen molar-refractivity contribution >= 4 is 38.6 Å². The van der Waals surface area contributed by atoms with Gasteiger partial charge in [-0.3, -0.25) is 13.9 Å². The van der Waals surface area contributed by atoms with Gasteiger partial charge < -0.3 is 10.7 Å². The van der Waals surface area contributed by atoms with E-state index in [1.165, 1.54) is 19.2 Å². The highest BCUT2D eigenvalue weighted by atomic mass is 35.5. The fourth-order valence-electron chi connectivity index (χ4n) is 2.24. The molecule has 4 N–H and O–H groups in total. The quantitative estimate of drug-likeness (QED) is 0.647. The Morgan fingerprint density at radius 1 is 1.42 bits per heavy atom. The van der Waals surface area contributed by atoms with Gasteiger partial charge in [0.2, 0.25) is 10.0 Å². The summed E-state index contributed by atoms with van der Waals surface area (Å²) >= 11 is 6.02. The lowest BCUT2D eigenvalue weighted by atomic mass is 10.2. The summed E-state index contributed by atoms with van der Waals surface area (Å²) in [6, 6.07) is 3.02. The second-order valence-electron chi connectivity index (χ2n) is 5.09. The van der Waals surface area contributed by atoms with E-state index in [-0.39, 0.29) is 11.4 Å². The van der Waals surface area contributed by atoms with Crippen LogP contribution in [0.3, 0.4) is 0 Å². The number of imidazole rings is 1. The number of halogens is 1. The van der Waals surface area contributed by atoms with Crippen LogP contribution in [-0.4, -0.2) is 28.5 Å². The minimum Gasteiger partial charge on any atom is -0.396 e. The first-order chi connectivity index (χ1) is 11.3. The first-order valence-corrected chi connectivity index (χ1v) is 8.99. The van der Waals surface area contributed by atoms with Gasteiger partial charge >= 0.3 is 0 Å². The lowest BCUT2D eigenvalue weighted by Crippen LogP contribution is -2.21. The summed E-state index contributed by atoms with van der Waals surface area (Å²) in [5, 5.41) is 0.426. The van der Waals surface area contributed by atoms with Crippen LogP contribution >= 0.6 is 11.6 Å². The zero-order valence-corrected chi connectivity index (χ0v) is 14.1. The number of pyridine rings is 2. The molecule has 0 saturated carbocycles. The molecule has 3 heterocycles. The SMILES string of the molecule is CCS(=O)(=O)Nc1cc(-c2cnc3c(N)cc(Cl)cn23)c[nH]c1=O. The summed E-state index contributed by atoms with van der Waals surface area (Å²) in [4.78, 5) is 18.6. The molecule has 8 nitrogen and oxygen atoms in total. The summed E-state index contributed by atoms with van der Waals surface area (Å²) in [7, 11) is -3.57. The highest BCUT2D eigenvalue weighted by Crippen LogP contribution is 2.26. The predicted molar refractivity (Wildman–Crippen MR) is 93.8 cm³/mol. The van der Waals surface area contributed by atoms with Gasteiger partial charge in [0.1, 0.15) is 5.69 Å². The number of H-pyrrole nitrogens is 1. The lowest BCUT2D eigenvalue weighted by Gasteiger charge is -2.08. The molecule has 0 aliphatic carbocycles. The molecule has 0 atom stereocenters. The Kier molecular flexibility index (Phi) is 3.98. The molecule has 0 bridgehead atoms. The molecule has 3 aromatic heterocycles. The van der Waals surface area contributed by atoms with E-state index in [9.17, 15) is 13.2 Å². The maximum Gasteiger partial charge on any atom is 0.272 e. The number of fused-ring (bicyclic) bond motifs is 1. The van der Waals surface area contributed by atoms with Crippen LogP contribution in [0.1, 0.15) is 6.92 Å². The molecule has 0 radical (unpaired) electrons. The van der Waals surface area contributed by atoms with Gasteiger partial charge in [0, 0.05) is 18.0 Å². The fraction of sp³-hybridized carbons (Fsp3) is 0.143. The van der Waals surface area contributed by atoms with Crippen molar-refractivity contribution in [3.05, 3.63) is 46.1 Å². The largest absolute Gasteiger partial charge is 0.396 e. The van der Waals surface area contributed by atoms with Crippen molar-refractivity contribution in [3.63, 3.8) is 0 Å². The van der Waals surface area contributed by atoms with Crippen molar-refractivity contribution in [1.82, 2.24) is 14.4 Å². The van der Waals surface area contributed by atoms with E-state index in [4.69, 9.17) is 17.3 Å². The van der Waals surface area contributed by atoms with E-state index in [2.05, 4.69) is 14.7 Å². The Labute approximate surface area is 142 Å². The van der Waals surface area contributed by atoms with Gasteiger partial charge in [-0.05, 0) is 19.1 Å². The fourth-order valence-corrected chi connectivity index (χ4v) is 3.09. The van der Waals surface area contributed by atoms with E-state index in [1.807, 2.05) is 0 Å². The van der Waals surface area contributed by atoms with Crippen LogP contribution in [0.2, 0.25) is 5.02 Å². The second kappa shape index (κ2) is 5.84. The Balaban J connectivity index is 2.16. The molecule has 3 aromatic rings. The van der Waals surface area contributed by atoms with Crippen molar-refractivity contribution in [2.24, 2.45) is 0 Å². The van der Waals surface area contributed by atoms with E-state index < -0.39 is 15.6 Å². The zero-order valence-electron chi connectivity index (χ0n) is 12.6. The molecule has 10 heteroatoms. The van der Waals surface area contributed by atoms with Gasteiger partial charge in [-0.2, -0.15) is 0 Å². The third kappa shape index (κ3) is 2.95. The van der Waals surface area contributed by atoms with Gasteiger partial charge in [0.05, 0.1) is 28.4 Å². The molecule has 126 valence electrons. The molecular formula is C14H14ClN5O3S. The van der Waals surface area contributed by atoms with Crippen molar-refractivity contribution in [2.75, 3.05) is 16.2 Å².